The van der Waals surface area contributed by atoms with Crippen LogP contribution in [-0.2, 0) is 0 Å². The number of benzene rings is 3. The second-order valence-corrected chi connectivity index (χ2v) is 5.49. The fraction of sp³-hybridized carbons (Fsp3) is 0. The van der Waals surface area contributed by atoms with Crippen molar-refractivity contribution in [1.29, 1.82) is 0 Å². The summed E-state index contributed by atoms with van der Waals surface area (Å²) in [6, 6.07) is 15.0. The molecule has 0 bridgehead atoms. The van der Waals surface area contributed by atoms with Gasteiger partial charge in [0.05, 0.1) is 16.7 Å². The quantitative estimate of drug-likeness (QED) is 0.434. The molecular weight excluding hydrogens is 535 g/mol. The number of carbonyl (C=O) groups is 3. The molecule has 3 aromatic carbocycles. The Morgan fingerprint density at radius 3 is 0.742 bits per heavy atom. The molecule has 10 heteroatoms. The predicted molar refractivity (Wildman–Crippen MR) is 98.5 cm³/mol. The smallest absolute Gasteiger partial charge is 0.872 e. The molecule has 3 aromatic rings. The Balaban J connectivity index is 0.000000429. The standard InChI is InChI=1S/3C7H6O3.La/c3*8-6-3-1-5(2-4-6)7(9)10;/h3*1-4,8H,(H,9,10);/q;;;+3/p-3. The van der Waals surface area contributed by atoms with Gasteiger partial charge < -0.3 is 30.6 Å². The van der Waals surface area contributed by atoms with E-state index in [4.69, 9.17) is 15.3 Å². The van der Waals surface area contributed by atoms with E-state index in [1.807, 2.05) is 0 Å². The maximum atomic E-state index is 10.5. The van der Waals surface area contributed by atoms with Crippen LogP contribution in [0.15, 0.2) is 72.8 Å². The van der Waals surface area contributed by atoms with Crippen molar-refractivity contribution in [1.82, 2.24) is 0 Å². The van der Waals surface area contributed by atoms with Crippen molar-refractivity contribution in [3.05, 3.63) is 89.5 Å². The maximum Gasteiger partial charge on any atom is 3.00 e. The summed E-state index contributed by atoms with van der Waals surface area (Å²) >= 11 is 0. The topological polar surface area (TPSA) is 181 Å². The molecule has 0 fully saturated rings. The molecule has 0 saturated carbocycles. The van der Waals surface area contributed by atoms with Crippen LogP contribution in [0, 0.1) is 35.6 Å². The van der Waals surface area contributed by atoms with Crippen molar-refractivity contribution in [2.45, 2.75) is 0 Å². The van der Waals surface area contributed by atoms with Gasteiger partial charge in [0.1, 0.15) is 0 Å². The van der Waals surface area contributed by atoms with Crippen molar-refractivity contribution in [3.8, 4) is 17.2 Å². The molecule has 31 heavy (non-hydrogen) atoms. The molecule has 0 aliphatic carbocycles. The van der Waals surface area contributed by atoms with Crippen LogP contribution < -0.4 is 15.3 Å². The summed E-state index contributed by atoms with van der Waals surface area (Å²) in [5, 5.41) is 56.5. The van der Waals surface area contributed by atoms with E-state index < -0.39 is 17.9 Å². The molecule has 0 unspecified atom stereocenters. The molecule has 3 N–H and O–H groups in total. The van der Waals surface area contributed by atoms with Crippen molar-refractivity contribution in [3.63, 3.8) is 0 Å². The Hall–Kier alpha value is -3.34. The second kappa shape index (κ2) is 13.8. The monoisotopic (exact) mass is 550 g/mol. The molecule has 0 heterocycles. The Bertz CT molecular complexity index is 851. The summed E-state index contributed by atoms with van der Waals surface area (Å²) in [5.74, 6) is -3.57. The number of carboxylic acids is 3. The minimum absolute atomic E-state index is 0. The first kappa shape index (κ1) is 27.7. The van der Waals surface area contributed by atoms with Crippen LogP contribution in [0.3, 0.4) is 0 Å². The van der Waals surface area contributed by atoms with Crippen LogP contribution in [-0.4, -0.2) is 33.2 Å². The van der Waals surface area contributed by atoms with Crippen LogP contribution in [0.25, 0.3) is 0 Å². The van der Waals surface area contributed by atoms with Crippen LogP contribution in [0.1, 0.15) is 31.1 Å². The molecule has 0 atom stereocenters. The van der Waals surface area contributed by atoms with E-state index in [0.717, 1.165) is 0 Å². The van der Waals surface area contributed by atoms with Gasteiger partial charge in [0, 0.05) is 0 Å². The SMILES string of the molecule is O=C(O)c1ccc([O-])cc1.O=C(O)c1ccc([O-])cc1.O=C(O)c1ccc([O-])cc1.[La+3]. The van der Waals surface area contributed by atoms with Crippen molar-refractivity contribution in [2.24, 2.45) is 0 Å². The Morgan fingerprint density at radius 2 is 0.613 bits per heavy atom. The van der Waals surface area contributed by atoms with E-state index >= 15 is 0 Å². The van der Waals surface area contributed by atoms with Gasteiger partial charge in [-0.3, -0.25) is 0 Å². The number of rotatable bonds is 3. The van der Waals surface area contributed by atoms with Gasteiger partial charge in [0.2, 0.25) is 0 Å². The van der Waals surface area contributed by atoms with Gasteiger partial charge in [0.25, 0.3) is 0 Å². The third kappa shape index (κ3) is 10.9. The first-order valence-electron chi connectivity index (χ1n) is 8.11. The van der Waals surface area contributed by atoms with E-state index in [1.54, 1.807) is 0 Å². The van der Waals surface area contributed by atoms with Crippen LogP contribution in [0.5, 0.6) is 17.2 Å². The second-order valence-electron chi connectivity index (χ2n) is 5.49. The Kier molecular flexibility index (Phi) is 12.3. The summed E-state index contributed by atoms with van der Waals surface area (Å²) in [6.07, 6.45) is 0. The van der Waals surface area contributed by atoms with Gasteiger partial charge in [-0.1, -0.05) is 36.4 Å². The number of carboxylic acid groups (broad SMARTS) is 3. The van der Waals surface area contributed by atoms with Gasteiger partial charge in [-0.25, -0.2) is 14.4 Å². The number of hydrogen-bond donors (Lipinski definition) is 3. The summed E-state index contributed by atoms with van der Waals surface area (Å²) in [6.45, 7) is 0. The van der Waals surface area contributed by atoms with Gasteiger partial charge in [-0.05, 0) is 36.4 Å². The molecule has 3 rings (SSSR count). The molecule has 0 spiro atoms. The first-order valence-corrected chi connectivity index (χ1v) is 8.11. The molecule has 0 saturated heterocycles. The average Bonchev–Trinajstić information content (AvgIpc) is 2.70. The first-order chi connectivity index (χ1) is 14.1. The molecule has 0 radical (unpaired) electrons. The minimum Gasteiger partial charge on any atom is -0.872 e. The maximum absolute atomic E-state index is 10.5. The van der Waals surface area contributed by atoms with Gasteiger partial charge in [-0.2, -0.15) is 0 Å². The van der Waals surface area contributed by atoms with Crippen molar-refractivity contribution < 1.29 is 80.6 Å². The minimum atomic E-state index is -1.01. The predicted octanol–water partition coefficient (Wildman–Crippen LogP) is 1.38. The normalized spacial score (nSPS) is 8.90. The van der Waals surface area contributed by atoms with Crippen molar-refractivity contribution >= 4 is 17.9 Å². The molecule has 0 aromatic heterocycles. The van der Waals surface area contributed by atoms with E-state index in [1.165, 1.54) is 72.8 Å². The molecule has 0 amide bonds. The Morgan fingerprint density at radius 1 is 0.452 bits per heavy atom. The fourth-order valence-corrected chi connectivity index (χ4v) is 1.79. The Labute approximate surface area is 204 Å². The largest absolute Gasteiger partial charge is 3.00 e. The van der Waals surface area contributed by atoms with Crippen LogP contribution in [0.2, 0.25) is 0 Å². The third-order valence-electron chi connectivity index (χ3n) is 3.30. The van der Waals surface area contributed by atoms with Gasteiger partial charge in [0.15, 0.2) is 0 Å². The summed E-state index contributed by atoms with van der Waals surface area (Å²) in [5.41, 5.74) is 0.416. The van der Waals surface area contributed by atoms with Crippen molar-refractivity contribution in [2.75, 3.05) is 0 Å². The average molecular weight is 550 g/mol. The fourth-order valence-electron chi connectivity index (χ4n) is 1.79. The van der Waals surface area contributed by atoms with E-state index in [-0.39, 0.29) is 69.5 Å². The molecule has 156 valence electrons. The molecule has 0 aliphatic heterocycles. The van der Waals surface area contributed by atoms with Crippen LogP contribution in [0.4, 0.5) is 0 Å². The zero-order valence-electron chi connectivity index (χ0n) is 15.8. The number of hydrogen-bond acceptors (Lipinski definition) is 6. The summed E-state index contributed by atoms with van der Waals surface area (Å²) in [7, 11) is 0. The summed E-state index contributed by atoms with van der Waals surface area (Å²) < 4.78 is 0. The molecule has 9 nitrogen and oxygen atoms in total. The van der Waals surface area contributed by atoms with Gasteiger partial charge >= 0.3 is 53.5 Å². The zero-order valence-corrected chi connectivity index (χ0v) is 19.4. The molecular formula is C21H15LaO9. The number of aromatic carboxylic acids is 3. The van der Waals surface area contributed by atoms with E-state index in [2.05, 4.69) is 0 Å². The van der Waals surface area contributed by atoms with Crippen LogP contribution >= 0.6 is 0 Å². The van der Waals surface area contributed by atoms with E-state index in [0.29, 0.717) is 0 Å². The summed E-state index contributed by atoms with van der Waals surface area (Å²) in [4.78, 5) is 30.6. The molecule has 0 aliphatic rings. The third-order valence-corrected chi connectivity index (χ3v) is 3.30. The zero-order chi connectivity index (χ0) is 22.7. The van der Waals surface area contributed by atoms with Gasteiger partial charge in [-0.15, -0.1) is 17.2 Å². The van der Waals surface area contributed by atoms with E-state index in [9.17, 15) is 29.7 Å².